The average Bonchev–Trinajstić information content (AvgIpc) is 2.49. The summed E-state index contributed by atoms with van der Waals surface area (Å²) in [7, 11) is 0. The van der Waals surface area contributed by atoms with Crippen LogP contribution in [0.25, 0.3) is 0 Å². The van der Waals surface area contributed by atoms with E-state index < -0.39 is 0 Å². The van der Waals surface area contributed by atoms with Crippen LogP contribution < -0.4 is 5.32 Å². The van der Waals surface area contributed by atoms with Crippen molar-refractivity contribution in [2.24, 2.45) is 5.92 Å². The summed E-state index contributed by atoms with van der Waals surface area (Å²) < 4.78 is 0.923. The summed E-state index contributed by atoms with van der Waals surface area (Å²) in [6, 6.07) is 0. The van der Waals surface area contributed by atoms with Crippen molar-refractivity contribution in [2.75, 3.05) is 5.32 Å². The number of halogens is 1. The van der Waals surface area contributed by atoms with Crippen LogP contribution in [0, 0.1) is 5.92 Å². The van der Waals surface area contributed by atoms with Gasteiger partial charge in [-0.3, -0.25) is 4.79 Å². The number of rotatable bonds is 3. The number of nitrogens with zero attached hydrogens (tertiary/aromatic N) is 1. The van der Waals surface area contributed by atoms with Crippen LogP contribution in [0.4, 0.5) is 5.13 Å². The molecule has 0 aliphatic carbocycles. The molecular formula is C8H11BrN2OS. The number of anilines is 1. The van der Waals surface area contributed by atoms with Crippen LogP contribution in [0.5, 0.6) is 0 Å². The van der Waals surface area contributed by atoms with Gasteiger partial charge in [-0.15, -0.1) is 0 Å². The lowest BCUT2D eigenvalue weighted by Gasteiger charge is -2.06. The Balaban J connectivity index is 2.54. The van der Waals surface area contributed by atoms with Crippen molar-refractivity contribution in [2.45, 2.75) is 20.3 Å². The summed E-state index contributed by atoms with van der Waals surface area (Å²) in [6.07, 6.45) is 2.52. The molecule has 1 aromatic heterocycles. The fourth-order valence-corrected chi connectivity index (χ4v) is 1.84. The summed E-state index contributed by atoms with van der Waals surface area (Å²) in [5.74, 6) is 0.0759. The number of hydrogen-bond donors (Lipinski definition) is 1. The van der Waals surface area contributed by atoms with Crippen molar-refractivity contribution < 1.29 is 4.79 Å². The predicted octanol–water partition coefficient (Wildman–Crippen LogP) is 2.89. The molecule has 1 atom stereocenters. The van der Waals surface area contributed by atoms with Gasteiger partial charge in [-0.05, 0) is 22.4 Å². The maximum Gasteiger partial charge on any atom is 0.228 e. The van der Waals surface area contributed by atoms with Gasteiger partial charge in [-0.2, -0.15) is 0 Å². The topological polar surface area (TPSA) is 42.0 Å². The molecule has 0 radical (unpaired) electrons. The number of thiazole rings is 1. The SMILES string of the molecule is CCC(C)C(=O)Nc1ncc(Br)s1. The highest BCUT2D eigenvalue weighted by Crippen LogP contribution is 2.23. The molecular weight excluding hydrogens is 252 g/mol. The minimum atomic E-state index is 0.0318. The lowest BCUT2D eigenvalue weighted by Crippen LogP contribution is -2.19. The molecule has 1 amide bonds. The molecule has 0 spiro atoms. The monoisotopic (exact) mass is 262 g/mol. The molecule has 3 nitrogen and oxygen atoms in total. The molecule has 1 aromatic rings. The average molecular weight is 263 g/mol. The maximum atomic E-state index is 11.4. The fourth-order valence-electron chi connectivity index (χ4n) is 0.726. The second-order valence-corrected chi connectivity index (χ2v) is 5.18. The zero-order valence-electron chi connectivity index (χ0n) is 7.50. The highest BCUT2D eigenvalue weighted by molar-refractivity contribution is 9.11. The second kappa shape index (κ2) is 4.72. The van der Waals surface area contributed by atoms with Crippen LogP contribution in [-0.2, 0) is 4.79 Å². The van der Waals surface area contributed by atoms with Gasteiger partial charge in [0.15, 0.2) is 5.13 Å². The quantitative estimate of drug-likeness (QED) is 0.911. The van der Waals surface area contributed by atoms with Gasteiger partial charge >= 0.3 is 0 Å². The van der Waals surface area contributed by atoms with Crippen LogP contribution >= 0.6 is 27.3 Å². The highest BCUT2D eigenvalue weighted by Gasteiger charge is 2.11. The summed E-state index contributed by atoms with van der Waals surface area (Å²) in [4.78, 5) is 15.4. The van der Waals surface area contributed by atoms with E-state index in [1.165, 1.54) is 11.3 Å². The van der Waals surface area contributed by atoms with E-state index >= 15 is 0 Å². The van der Waals surface area contributed by atoms with E-state index in [0.29, 0.717) is 5.13 Å². The smallest absolute Gasteiger partial charge is 0.228 e. The lowest BCUT2D eigenvalue weighted by molar-refractivity contribution is -0.119. The van der Waals surface area contributed by atoms with E-state index in [0.717, 1.165) is 10.2 Å². The Bertz CT molecular complexity index is 300. The molecule has 1 N–H and O–H groups in total. The number of amides is 1. The van der Waals surface area contributed by atoms with E-state index in [9.17, 15) is 4.79 Å². The van der Waals surface area contributed by atoms with Crippen LogP contribution in [0.3, 0.4) is 0 Å². The first-order valence-electron chi connectivity index (χ1n) is 4.05. The zero-order valence-corrected chi connectivity index (χ0v) is 9.91. The standard InChI is InChI=1S/C8H11BrN2OS/c1-3-5(2)7(12)11-8-10-4-6(9)13-8/h4-5H,3H2,1-2H3,(H,10,11,12). The first kappa shape index (κ1) is 10.7. The van der Waals surface area contributed by atoms with Crippen molar-refractivity contribution in [3.63, 3.8) is 0 Å². The van der Waals surface area contributed by atoms with Crippen molar-refractivity contribution in [1.29, 1.82) is 0 Å². The third-order valence-corrected chi connectivity index (χ3v) is 3.16. The first-order valence-corrected chi connectivity index (χ1v) is 5.66. The van der Waals surface area contributed by atoms with E-state index in [1.807, 2.05) is 13.8 Å². The summed E-state index contributed by atoms with van der Waals surface area (Å²) in [5, 5.41) is 3.40. The van der Waals surface area contributed by atoms with Crippen LogP contribution in [-0.4, -0.2) is 10.9 Å². The van der Waals surface area contributed by atoms with Crippen LogP contribution in [0.1, 0.15) is 20.3 Å². The van der Waals surface area contributed by atoms with Crippen molar-refractivity contribution in [3.05, 3.63) is 9.98 Å². The largest absolute Gasteiger partial charge is 0.302 e. The van der Waals surface area contributed by atoms with Gasteiger partial charge < -0.3 is 5.32 Å². The summed E-state index contributed by atoms with van der Waals surface area (Å²) >= 11 is 4.70. The van der Waals surface area contributed by atoms with Gasteiger partial charge in [0, 0.05) is 5.92 Å². The molecule has 1 heterocycles. The Morgan fingerprint density at radius 1 is 1.85 bits per heavy atom. The third-order valence-electron chi connectivity index (χ3n) is 1.77. The van der Waals surface area contributed by atoms with Crippen LogP contribution in [0.2, 0.25) is 0 Å². The Morgan fingerprint density at radius 3 is 3.00 bits per heavy atom. The highest BCUT2D eigenvalue weighted by atomic mass is 79.9. The van der Waals surface area contributed by atoms with Crippen molar-refractivity contribution in [3.8, 4) is 0 Å². The molecule has 0 fully saturated rings. The van der Waals surface area contributed by atoms with Gasteiger partial charge in [0.1, 0.15) is 0 Å². The van der Waals surface area contributed by atoms with E-state index in [4.69, 9.17) is 0 Å². The normalized spacial score (nSPS) is 12.5. The Morgan fingerprint density at radius 2 is 2.54 bits per heavy atom. The molecule has 0 bridgehead atoms. The van der Waals surface area contributed by atoms with E-state index in [1.54, 1.807) is 6.20 Å². The van der Waals surface area contributed by atoms with Crippen molar-refractivity contribution >= 4 is 38.3 Å². The molecule has 1 rings (SSSR count). The number of hydrogen-bond acceptors (Lipinski definition) is 3. The van der Waals surface area contributed by atoms with E-state index in [-0.39, 0.29) is 11.8 Å². The van der Waals surface area contributed by atoms with Gasteiger partial charge in [0.2, 0.25) is 5.91 Å². The third kappa shape index (κ3) is 3.08. The van der Waals surface area contributed by atoms with Gasteiger partial charge in [-0.25, -0.2) is 4.98 Å². The first-order chi connectivity index (χ1) is 6.13. The maximum absolute atomic E-state index is 11.4. The molecule has 1 unspecified atom stereocenters. The molecule has 72 valence electrons. The molecule has 0 aliphatic heterocycles. The zero-order chi connectivity index (χ0) is 9.84. The number of nitrogens with one attached hydrogen (secondary N) is 1. The Kier molecular flexibility index (Phi) is 3.87. The number of carbonyl (C=O) groups is 1. The van der Waals surface area contributed by atoms with Gasteiger partial charge in [0.05, 0.1) is 9.98 Å². The van der Waals surface area contributed by atoms with Crippen LogP contribution in [0.15, 0.2) is 9.98 Å². The van der Waals surface area contributed by atoms with Gasteiger partial charge in [-0.1, -0.05) is 25.2 Å². The van der Waals surface area contributed by atoms with E-state index in [2.05, 4.69) is 26.2 Å². The molecule has 0 saturated heterocycles. The predicted molar refractivity (Wildman–Crippen MR) is 57.9 cm³/mol. The molecule has 13 heavy (non-hydrogen) atoms. The number of aromatic nitrogens is 1. The summed E-state index contributed by atoms with van der Waals surface area (Å²) in [5.41, 5.74) is 0. The second-order valence-electron chi connectivity index (χ2n) is 2.77. The number of carbonyl (C=O) groups excluding carboxylic acids is 1. The minimum Gasteiger partial charge on any atom is -0.302 e. The lowest BCUT2D eigenvalue weighted by atomic mass is 10.1. The Labute approximate surface area is 89.7 Å². The minimum absolute atomic E-state index is 0.0318. The molecule has 0 saturated carbocycles. The van der Waals surface area contributed by atoms with Gasteiger partial charge in [0.25, 0.3) is 0 Å². The van der Waals surface area contributed by atoms with Crippen molar-refractivity contribution in [1.82, 2.24) is 4.98 Å². The summed E-state index contributed by atoms with van der Waals surface area (Å²) in [6.45, 7) is 3.89. The Hall–Kier alpha value is -0.420. The molecule has 5 heteroatoms. The fraction of sp³-hybridized carbons (Fsp3) is 0.500. The molecule has 0 aromatic carbocycles. The molecule has 0 aliphatic rings.